The summed E-state index contributed by atoms with van der Waals surface area (Å²) < 4.78 is 49.8. The average molecular weight is 625 g/mol. The summed E-state index contributed by atoms with van der Waals surface area (Å²) in [6, 6.07) is 25.4. The van der Waals surface area contributed by atoms with Crippen LogP contribution < -0.4 is 4.74 Å². The van der Waals surface area contributed by atoms with Crippen molar-refractivity contribution in [1.29, 1.82) is 0 Å². The van der Waals surface area contributed by atoms with Gasteiger partial charge in [-0.1, -0.05) is 82.8 Å². The van der Waals surface area contributed by atoms with E-state index >= 15 is 0 Å². The summed E-state index contributed by atoms with van der Waals surface area (Å²) in [5.41, 5.74) is 11.9. The minimum Gasteiger partial charge on any atom is -0.494 e. The molecule has 0 unspecified atom stereocenters. The third kappa shape index (κ3) is 5.86. The Morgan fingerprint density at radius 1 is 0.717 bits per heavy atom. The number of esters is 1. The van der Waals surface area contributed by atoms with Crippen molar-refractivity contribution in [1.82, 2.24) is 0 Å². The van der Waals surface area contributed by atoms with Crippen molar-refractivity contribution in [2.45, 2.75) is 70.4 Å². The van der Waals surface area contributed by atoms with Crippen LogP contribution in [0.5, 0.6) is 5.75 Å². The molecule has 0 bridgehead atoms. The highest BCUT2D eigenvalue weighted by Gasteiger charge is 2.38. The summed E-state index contributed by atoms with van der Waals surface area (Å²) in [6.45, 7) is 13.1. The molecule has 2 aliphatic carbocycles. The summed E-state index contributed by atoms with van der Waals surface area (Å²) in [6.07, 6.45) is -2.33. The minimum absolute atomic E-state index is 0.00953. The molecular formula is C40H39F3O3. The number of hydrogen-bond donors (Lipinski definition) is 0. The third-order valence-electron chi connectivity index (χ3n) is 9.64. The summed E-state index contributed by atoms with van der Waals surface area (Å²) >= 11 is 0. The smallest absolute Gasteiger partial charge is 0.389 e. The number of carbonyl (C=O) groups excluding carboxylic acids is 1. The fraction of sp³-hybridized carbons (Fsp3) is 0.325. The number of unbranched alkanes of at least 4 members (excludes halogenated alkanes) is 1. The second kappa shape index (κ2) is 11.8. The van der Waals surface area contributed by atoms with Crippen molar-refractivity contribution < 1.29 is 27.4 Å². The Kier molecular flexibility index (Phi) is 8.12. The molecule has 0 atom stereocenters. The van der Waals surface area contributed by atoms with Crippen molar-refractivity contribution >= 4 is 5.97 Å². The van der Waals surface area contributed by atoms with Gasteiger partial charge in [-0.05, 0) is 105 Å². The van der Waals surface area contributed by atoms with E-state index in [0.29, 0.717) is 13.2 Å². The van der Waals surface area contributed by atoms with E-state index in [0.717, 1.165) is 52.0 Å². The molecule has 6 heteroatoms. The van der Waals surface area contributed by atoms with E-state index in [1.165, 1.54) is 33.9 Å². The number of alkyl halides is 3. The van der Waals surface area contributed by atoms with E-state index in [9.17, 15) is 18.0 Å². The summed E-state index contributed by atoms with van der Waals surface area (Å²) in [5.74, 6) is 0.416. The van der Waals surface area contributed by atoms with Gasteiger partial charge in [0.15, 0.2) is 0 Å². The SMILES string of the molecule is C=CC(=O)OCCCCOc1ccc2c(c1)C(C)(C)c1cc(-c3ccc4c(c3)C(C)(C)c3cc(CCC(F)(F)F)ccc3-4)ccc1-2. The van der Waals surface area contributed by atoms with Crippen molar-refractivity contribution in [2.24, 2.45) is 0 Å². The standard InChI is InChI=1S/C40H39F3O3/c1-6-37(44)46-20-8-7-19-45-28-12-16-32-31-15-11-27(23-35(31)39(4,5)36(32)24-28)26-10-14-30-29-13-9-25(17-18-40(41,42)43)21-33(29)38(2,3)34(30)22-26/h6,9-16,21-24H,1,7-8,17-20H2,2-5H3. The molecule has 0 aromatic heterocycles. The van der Waals surface area contributed by atoms with E-state index in [1.807, 2.05) is 24.3 Å². The van der Waals surface area contributed by atoms with Crippen LogP contribution in [0, 0.1) is 0 Å². The van der Waals surface area contributed by atoms with Crippen molar-refractivity contribution in [2.75, 3.05) is 13.2 Å². The number of benzene rings is 4. The zero-order valence-electron chi connectivity index (χ0n) is 26.8. The van der Waals surface area contributed by atoms with Crippen LogP contribution in [0.3, 0.4) is 0 Å². The first-order valence-electron chi connectivity index (χ1n) is 15.9. The van der Waals surface area contributed by atoms with Crippen LogP contribution >= 0.6 is 0 Å². The lowest BCUT2D eigenvalue weighted by atomic mass is 9.80. The molecule has 2 aliphatic rings. The first kappa shape index (κ1) is 31.7. The molecule has 238 valence electrons. The molecule has 0 spiro atoms. The van der Waals surface area contributed by atoms with Gasteiger partial charge in [-0.2, -0.15) is 13.2 Å². The van der Waals surface area contributed by atoms with Crippen LogP contribution in [-0.2, 0) is 26.8 Å². The average Bonchev–Trinajstić information content (AvgIpc) is 3.39. The maximum Gasteiger partial charge on any atom is 0.389 e. The normalized spacial score (nSPS) is 15.0. The van der Waals surface area contributed by atoms with Crippen LogP contribution in [0.4, 0.5) is 13.2 Å². The van der Waals surface area contributed by atoms with Gasteiger partial charge in [0, 0.05) is 23.3 Å². The fourth-order valence-corrected chi connectivity index (χ4v) is 7.02. The Hall–Kier alpha value is -4.32. The highest BCUT2D eigenvalue weighted by atomic mass is 19.4. The zero-order chi connectivity index (χ0) is 32.9. The van der Waals surface area contributed by atoms with Gasteiger partial charge in [-0.3, -0.25) is 0 Å². The molecule has 0 heterocycles. The second-order valence-electron chi connectivity index (χ2n) is 13.4. The maximum atomic E-state index is 12.9. The van der Waals surface area contributed by atoms with Gasteiger partial charge in [0.2, 0.25) is 0 Å². The molecule has 0 saturated carbocycles. The number of fused-ring (bicyclic) bond motifs is 6. The number of rotatable bonds is 10. The molecule has 3 nitrogen and oxygen atoms in total. The predicted molar refractivity (Wildman–Crippen MR) is 177 cm³/mol. The quantitative estimate of drug-likeness (QED) is 0.100. The lowest BCUT2D eigenvalue weighted by Gasteiger charge is -2.24. The highest BCUT2D eigenvalue weighted by molar-refractivity contribution is 5.87. The molecule has 0 saturated heterocycles. The summed E-state index contributed by atoms with van der Waals surface area (Å²) in [7, 11) is 0. The molecule has 0 aliphatic heterocycles. The van der Waals surface area contributed by atoms with Gasteiger partial charge in [-0.25, -0.2) is 4.79 Å². The van der Waals surface area contributed by atoms with Crippen LogP contribution in [0.15, 0.2) is 85.5 Å². The Balaban J connectivity index is 1.21. The number of halogens is 3. The second-order valence-corrected chi connectivity index (χ2v) is 13.4. The Labute approximate surface area is 269 Å². The lowest BCUT2D eigenvalue weighted by molar-refractivity contribution is -0.138. The summed E-state index contributed by atoms with van der Waals surface area (Å²) in [5, 5.41) is 0. The molecule has 0 amide bonds. The van der Waals surface area contributed by atoms with Gasteiger partial charge in [0.05, 0.1) is 13.2 Å². The van der Waals surface area contributed by atoms with E-state index in [-0.39, 0.29) is 17.3 Å². The van der Waals surface area contributed by atoms with E-state index in [4.69, 9.17) is 9.47 Å². The monoisotopic (exact) mass is 624 g/mol. The number of ether oxygens (including phenoxy) is 2. The molecule has 0 radical (unpaired) electrons. The van der Waals surface area contributed by atoms with Crippen LogP contribution in [0.25, 0.3) is 33.4 Å². The molecule has 0 N–H and O–H groups in total. The first-order chi connectivity index (χ1) is 21.8. The third-order valence-corrected chi connectivity index (χ3v) is 9.64. The van der Waals surface area contributed by atoms with Crippen LogP contribution in [0.2, 0.25) is 0 Å². The van der Waals surface area contributed by atoms with E-state index in [1.54, 1.807) is 0 Å². The molecule has 4 aromatic carbocycles. The maximum absolute atomic E-state index is 12.9. The van der Waals surface area contributed by atoms with Gasteiger partial charge >= 0.3 is 12.1 Å². The van der Waals surface area contributed by atoms with Crippen LogP contribution in [-0.4, -0.2) is 25.4 Å². The molecular weight excluding hydrogens is 585 g/mol. The van der Waals surface area contributed by atoms with Gasteiger partial charge < -0.3 is 9.47 Å². The topological polar surface area (TPSA) is 35.5 Å². The fourth-order valence-electron chi connectivity index (χ4n) is 7.02. The highest BCUT2D eigenvalue weighted by Crippen LogP contribution is 2.52. The molecule has 0 fully saturated rings. The summed E-state index contributed by atoms with van der Waals surface area (Å²) in [4.78, 5) is 11.2. The van der Waals surface area contributed by atoms with E-state index < -0.39 is 18.6 Å². The van der Waals surface area contributed by atoms with E-state index in [2.05, 4.69) is 82.8 Å². The molecule has 6 rings (SSSR count). The Bertz CT molecular complexity index is 1830. The van der Waals surface area contributed by atoms with Gasteiger partial charge in [0.25, 0.3) is 0 Å². The minimum atomic E-state index is -4.17. The van der Waals surface area contributed by atoms with Gasteiger partial charge in [-0.15, -0.1) is 0 Å². The number of aryl methyl sites for hydroxylation is 1. The van der Waals surface area contributed by atoms with Gasteiger partial charge in [0.1, 0.15) is 5.75 Å². The Morgan fingerprint density at radius 2 is 1.22 bits per heavy atom. The molecule has 4 aromatic rings. The number of carbonyl (C=O) groups is 1. The largest absolute Gasteiger partial charge is 0.494 e. The zero-order valence-corrected chi connectivity index (χ0v) is 26.8. The van der Waals surface area contributed by atoms with Crippen LogP contribution in [0.1, 0.15) is 74.8 Å². The lowest BCUT2D eigenvalue weighted by Crippen LogP contribution is -2.16. The first-order valence-corrected chi connectivity index (χ1v) is 15.9. The van der Waals surface area contributed by atoms with Crippen molar-refractivity contribution in [3.63, 3.8) is 0 Å². The van der Waals surface area contributed by atoms with Crippen molar-refractivity contribution in [3.8, 4) is 39.1 Å². The number of hydrogen-bond acceptors (Lipinski definition) is 3. The van der Waals surface area contributed by atoms with Crippen molar-refractivity contribution in [3.05, 3.63) is 113 Å². The Morgan fingerprint density at radius 3 is 1.78 bits per heavy atom. The predicted octanol–water partition coefficient (Wildman–Crippen LogP) is 10.3. The molecule has 46 heavy (non-hydrogen) atoms.